The van der Waals surface area contributed by atoms with Crippen molar-refractivity contribution in [3.8, 4) is 6.07 Å². The van der Waals surface area contributed by atoms with Gasteiger partial charge in [0.2, 0.25) is 0 Å². The van der Waals surface area contributed by atoms with E-state index in [1.807, 2.05) is 20.2 Å². The van der Waals surface area contributed by atoms with Gasteiger partial charge in [0.05, 0.1) is 11.6 Å². The molecule has 86 valence electrons. The molecule has 1 aromatic rings. The summed E-state index contributed by atoms with van der Waals surface area (Å²) in [6.07, 6.45) is 0. The van der Waals surface area contributed by atoms with Gasteiger partial charge in [-0.15, -0.1) is 0 Å². The van der Waals surface area contributed by atoms with Crippen LogP contribution in [0.15, 0.2) is 18.2 Å². The molecule has 0 aromatic heterocycles. The van der Waals surface area contributed by atoms with Crippen molar-refractivity contribution in [2.45, 2.75) is 6.54 Å². The molecule has 0 aliphatic carbocycles. The standard InChI is InChI=1S/C12H16ClN3/c1-16(2)6-5-15-9-11-4-3-10(8-14)7-12(11)13/h3-4,7,15H,5-6,9H2,1-2H3. The molecule has 1 N–H and O–H groups in total. The van der Waals surface area contributed by atoms with Gasteiger partial charge >= 0.3 is 0 Å². The van der Waals surface area contributed by atoms with E-state index in [-0.39, 0.29) is 0 Å². The van der Waals surface area contributed by atoms with Gasteiger partial charge in [0.15, 0.2) is 0 Å². The molecule has 0 amide bonds. The van der Waals surface area contributed by atoms with Crippen molar-refractivity contribution in [1.29, 1.82) is 5.26 Å². The maximum atomic E-state index is 8.70. The second kappa shape index (κ2) is 6.49. The van der Waals surface area contributed by atoms with Crippen molar-refractivity contribution in [2.24, 2.45) is 0 Å². The number of benzene rings is 1. The predicted octanol–water partition coefficient (Wildman–Crippen LogP) is 1.86. The highest BCUT2D eigenvalue weighted by atomic mass is 35.5. The zero-order chi connectivity index (χ0) is 12.0. The Labute approximate surface area is 102 Å². The van der Waals surface area contributed by atoms with Crippen LogP contribution in [0.5, 0.6) is 0 Å². The van der Waals surface area contributed by atoms with Gasteiger partial charge in [0, 0.05) is 24.7 Å². The van der Waals surface area contributed by atoms with Crippen LogP contribution in [0.1, 0.15) is 11.1 Å². The number of halogens is 1. The second-order valence-corrected chi connectivity index (χ2v) is 4.31. The van der Waals surface area contributed by atoms with Gasteiger partial charge in [0.1, 0.15) is 0 Å². The molecule has 0 radical (unpaired) electrons. The Hall–Kier alpha value is -1.08. The monoisotopic (exact) mass is 237 g/mol. The lowest BCUT2D eigenvalue weighted by Gasteiger charge is -2.11. The number of hydrogen-bond donors (Lipinski definition) is 1. The van der Waals surface area contributed by atoms with Gasteiger partial charge in [-0.25, -0.2) is 0 Å². The summed E-state index contributed by atoms with van der Waals surface area (Å²) in [6, 6.07) is 7.44. The Bertz CT molecular complexity index is 382. The molecule has 0 spiro atoms. The molecule has 0 fully saturated rings. The van der Waals surface area contributed by atoms with Gasteiger partial charge in [-0.1, -0.05) is 17.7 Å². The Morgan fingerprint density at radius 2 is 2.19 bits per heavy atom. The maximum Gasteiger partial charge on any atom is 0.0992 e. The Morgan fingerprint density at radius 3 is 2.75 bits per heavy atom. The van der Waals surface area contributed by atoms with E-state index in [0.29, 0.717) is 10.6 Å². The summed E-state index contributed by atoms with van der Waals surface area (Å²) in [4.78, 5) is 2.12. The first kappa shape index (κ1) is 13.0. The molecule has 0 atom stereocenters. The average molecular weight is 238 g/mol. The summed E-state index contributed by atoms with van der Waals surface area (Å²) in [5.41, 5.74) is 1.63. The van der Waals surface area contributed by atoms with Crippen LogP contribution in [-0.2, 0) is 6.54 Å². The molecule has 0 unspecified atom stereocenters. The number of likely N-dealkylation sites (N-methyl/N-ethyl adjacent to an activating group) is 1. The van der Waals surface area contributed by atoms with E-state index < -0.39 is 0 Å². The van der Waals surface area contributed by atoms with Crippen molar-refractivity contribution in [2.75, 3.05) is 27.2 Å². The van der Waals surface area contributed by atoms with E-state index in [2.05, 4.69) is 16.3 Å². The van der Waals surface area contributed by atoms with Crippen molar-refractivity contribution in [1.82, 2.24) is 10.2 Å². The van der Waals surface area contributed by atoms with Crippen molar-refractivity contribution in [3.63, 3.8) is 0 Å². The molecule has 4 heteroatoms. The summed E-state index contributed by atoms with van der Waals surface area (Å²) in [5, 5.41) is 12.7. The highest BCUT2D eigenvalue weighted by Crippen LogP contribution is 2.17. The van der Waals surface area contributed by atoms with Gasteiger partial charge in [-0.2, -0.15) is 5.26 Å². The Balaban J connectivity index is 2.46. The first-order chi connectivity index (χ1) is 7.63. The van der Waals surface area contributed by atoms with E-state index >= 15 is 0 Å². The summed E-state index contributed by atoms with van der Waals surface area (Å²) >= 11 is 6.05. The van der Waals surface area contributed by atoms with Crippen LogP contribution in [-0.4, -0.2) is 32.1 Å². The molecule has 0 saturated carbocycles. The fraction of sp³-hybridized carbons (Fsp3) is 0.417. The summed E-state index contributed by atoms with van der Waals surface area (Å²) in [7, 11) is 4.08. The number of hydrogen-bond acceptors (Lipinski definition) is 3. The predicted molar refractivity (Wildman–Crippen MR) is 66.4 cm³/mol. The van der Waals surface area contributed by atoms with Crippen molar-refractivity contribution in [3.05, 3.63) is 34.3 Å². The number of nitrogens with one attached hydrogen (secondary N) is 1. The highest BCUT2D eigenvalue weighted by molar-refractivity contribution is 6.31. The lowest BCUT2D eigenvalue weighted by atomic mass is 10.1. The largest absolute Gasteiger partial charge is 0.311 e. The first-order valence-corrected chi connectivity index (χ1v) is 5.55. The molecular weight excluding hydrogens is 222 g/mol. The van der Waals surface area contributed by atoms with Crippen LogP contribution < -0.4 is 5.32 Å². The number of rotatable bonds is 5. The van der Waals surface area contributed by atoms with Crippen LogP contribution in [0.2, 0.25) is 5.02 Å². The molecule has 1 aromatic carbocycles. The summed E-state index contributed by atoms with van der Waals surface area (Å²) < 4.78 is 0. The quantitative estimate of drug-likeness (QED) is 0.795. The van der Waals surface area contributed by atoms with E-state index in [4.69, 9.17) is 16.9 Å². The fourth-order valence-electron chi connectivity index (χ4n) is 1.29. The first-order valence-electron chi connectivity index (χ1n) is 5.17. The van der Waals surface area contributed by atoms with Crippen LogP contribution in [0.4, 0.5) is 0 Å². The van der Waals surface area contributed by atoms with Crippen LogP contribution in [0.3, 0.4) is 0 Å². The maximum absolute atomic E-state index is 8.70. The molecule has 1 rings (SSSR count). The average Bonchev–Trinajstić information content (AvgIpc) is 2.25. The molecule has 0 bridgehead atoms. The van der Waals surface area contributed by atoms with Gasteiger partial charge in [-0.3, -0.25) is 0 Å². The lowest BCUT2D eigenvalue weighted by Crippen LogP contribution is -2.26. The van der Waals surface area contributed by atoms with Gasteiger partial charge in [0.25, 0.3) is 0 Å². The lowest BCUT2D eigenvalue weighted by molar-refractivity contribution is 0.400. The zero-order valence-corrected chi connectivity index (χ0v) is 10.4. The molecule has 0 aliphatic rings. The minimum Gasteiger partial charge on any atom is -0.311 e. The second-order valence-electron chi connectivity index (χ2n) is 3.90. The van der Waals surface area contributed by atoms with E-state index in [9.17, 15) is 0 Å². The molecular formula is C12H16ClN3. The molecule has 16 heavy (non-hydrogen) atoms. The SMILES string of the molecule is CN(C)CCNCc1ccc(C#N)cc1Cl. The van der Waals surface area contributed by atoms with Crippen molar-refractivity contribution < 1.29 is 0 Å². The smallest absolute Gasteiger partial charge is 0.0992 e. The van der Waals surface area contributed by atoms with Crippen molar-refractivity contribution >= 4 is 11.6 Å². The zero-order valence-electron chi connectivity index (χ0n) is 9.63. The Morgan fingerprint density at radius 1 is 1.44 bits per heavy atom. The molecule has 0 aliphatic heterocycles. The fourth-order valence-corrected chi connectivity index (χ4v) is 1.53. The van der Waals surface area contributed by atoms with E-state index in [1.54, 1.807) is 12.1 Å². The van der Waals surface area contributed by atoms with E-state index in [0.717, 1.165) is 25.2 Å². The minimum absolute atomic E-state index is 0.599. The normalized spacial score (nSPS) is 10.4. The van der Waals surface area contributed by atoms with Gasteiger partial charge < -0.3 is 10.2 Å². The van der Waals surface area contributed by atoms with Gasteiger partial charge in [-0.05, 0) is 31.8 Å². The molecule has 3 nitrogen and oxygen atoms in total. The topological polar surface area (TPSA) is 39.1 Å². The molecule has 0 heterocycles. The van der Waals surface area contributed by atoms with Crippen LogP contribution >= 0.6 is 11.6 Å². The third-order valence-corrected chi connectivity index (χ3v) is 2.59. The minimum atomic E-state index is 0.599. The number of nitrogens with zero attached hydrogens (tertiary/aromatic N) is 2. The number of nitriles is 1. The van der Waals surface area contributed by atoms with Crippen LogP contribution in [0, 0.1) is 11.3 Å². The van der Waals surface area contributed by atoms with Crippen LogP contribution in [0.25, 0.3) is 0 Å². The highest BCUT2D eigenvalue weighted by Gasteiger charge is 2.01. The summed E-state index contributed by atoms with van der Waals surface area (Å²) in [5.74, 6) is 0. The molecule has 0 saturated heterocycles. The summed E-state index contributed by atoms with van der Waals surface area (Å²) in [6.45, 7) is 2.65. The third-order valence-electron chi connectivity index (χ3n) is 2.23. The Kier molecular flexibility index (Phi) is 5.27. The third kappa shape index (κ3) is 4.19. The van der Waals surface area contributed by atoms with E-state index in [1.165, 1.54) is 0 Å².